The molecule has 0 bridgehead atoms. The Morgan fingerprint density at radius 3 is 2.89 bits per heavy atom. The Hall–Kier alpha value is -1.88. The number of benzene rings is 1. The quantitative estimate of drug-likeness (QED) is 0.854. The molecule has 19 heavy (non-hydrogen) atoms. The highest BCUT2D eigenvalue weighted by molar-refractivity contribution is 9.10. The first-order valence-corrected chi connectivity index (χ1v) is 6.63. The number of anilines is 2. The van der Waals surface area contributed by atoms with E-state index >= 15 is 0 Å². The van der Waals surface area contributed by atoms with E-state index in [4.69, 9.17) is 5.73 Å². The number of nitrogens with two attached hydrogens (primary N) is 1. The van der Waals surface area contributed by atoms with Gasteiger partial charge in [0.15, 0.2) is 0 Å². The number of aromatic nitrogens is 1. The number of carbonyl (C=O) groups excluding carboxylic acids is 1. The normalized spacial score (nSPS) is 11.9. The molecule has 1 unspecified atom stereocenters. The van der Waals surface area contributed by atoms with Gasteiger partial charge >= 0.3 is 0 Å². The van der Waals surface area contributed by atoms with Gasteiger partial charge in [-0.15, -0.1) is 0 Å². The van der Waals surface area contributed by atoms with Gasteiger partial charge in [-0.25, -0.2) is 0 Å². The summed E-state index contributed by atoms with van der Waals surface area (Å²) in [7, 11) is 0. The minimum Gasteiger partial charge on any atom is -0.399 e. The zero-order valence-corrected chi connectivity index (χ0v) is 12.0. The largest absolute Gasteiger partial charge is 0.399 e. The molecule has 1 atom stereocenters. The van der Waals surface area contributed by atoms with Crippen molar-refractivity contribution in [3.63, 3.8) is 0 Å². The number of pyridine rings is 1. The minimum atomic E-state index is -0.274. The third-order valence-corrected chi connectivity index (χ3v) is 3.47. The van der Waals surface area contributed by atoms with E-state index in [-0.39, 0.29) is 11.8 Å². The maximum absolute atomic E-state index is 12.2. The van der Waals surface area contributed by atoms with Gasteiger partial charge in [0.25, 0.3) is 0 Å². The monoisotopic (exact) mass is 319 g/mol. The summed E-state index contributed by atoms with van der Waals surface area (Å²) >= 11 is 3.34. The van der Waals surface area contributed by atoms with E-state index < -0.39 is 0 Å². The molecule has 0 aliphatic heterocycles. The third-order valence-electron chi connectivity index (χ3n) is 2.83. The van der Waals surface area contributed by atoms with E-state index in [1.54, 1.807) is 24.5 Å². The Morgan fingerprint density at radius 2 is 2.21 bits per heavy atom. The lowest BCUT2D eigenvalue weighted by Crippen LogP contribution is -2.19. The minimum absolute atomic E-state index is 0.0856. The molecule has 98 valence electrons. The van der Waals surface area contributed by atoms with Crippen molar-refractivity contribution in [1.82, 2.24) is 4.98 Å². The Morgan fingerprint density at radius 1 is 1.42 bits per heavy atom. The van der Waals surface area contributed by atoms with E-state index in [9.17, 15) is 4.79 Å². The SMILES string of the molecule is CC(C(=O)Nc1ccncc1Br)c1cccc(N)c1. The van der Waals surface area contributed by atoms with Crippen LogP contribution in [0.3, 0.4) is 0 Å². The van der Waals surface area contributed by atoms with Gasteiger partial charge in [-0.1, -0.05) is 12.1 Å². The second kappa shape index (κ2) is 5.84. The van der Waals surface area contributed by atoms with Crippen molar-refractivity contribution in [2.45, 2.75) is 12.8 Å². The Balaban J connectivity index is 2.14. The number of nitrogen functional groups attached to an aromatic ring is 1. The second-order valence-electron chi connectivity index (χ2n) is 4.24. The number of nitrogens with zero attached hydrogens (tertiary/aromatic N) is 1. The number of carbonyl (C=O) groups is 1. The predicted octanol–water partition coefficient (Wildman–Crippen LogP) is 3.17. The van der Waals surface area contributed by atoms with Crippen molar-refractivity contribution in [3.05, 3.63) is 52.8 Å². The number of amides is 1. The molecule has 4 nitrogen and oxygen atoms in total. The molecule has 1 heterocycles. The van der Waals surface area contributed by atoms with Gasteiger partial charge < -0.3 is 11.1 Å². The molecule has 3 N–H and O–H groups in total. The Kier molecular flexibility index (Phi) is 4.16. The standard InChI is InChI=1S/C14H14BrN3O/c1-9(10-3-2-4-11(16)7-10)14(19)18-13-5-6-17-8-12(13)15/h2-9H,16H2,1H3,(H,17,18,19). The molecule has 5 heteroatoms. The summed E-state index contributed by atoms with van der Waals surface area (Å²) in [5, 5.41) is 2.86. The summed E-state index contributed by atoms with van der Waals surface area (Å²) in [6.45, 7) is 1.85. The van der Waals surface area contributed by atoms with Crippen molar-refractivity contribution in [1.29, 1.82) is 0 Å². The zero-order valence-electron chi connectivity index (χ0n) is 10.4. The van der Waals surface area contributed by atoms with Gasteiger partial charge in [-0.3, -0.25) is 9.78 Å². The van der Waals surface area contributed by atoms with E-state index in [2.05, 4.69) is 26.2 Å². The predicted molar refractivity (Wildman–Crippen MR) is 79.8 cm³/mol. The first-order chi connectivity index (χ1) is 9.08. The lowest BCUT2D eigenvalue weighted by atomic mass is 10.00. The molecule has 1 amide bonds. The summed E-state index contributed by atoms with van der Waals surface area (Å²) in [4.78, 5) is 16.1. The van der Waals surface area contributed by atoms with Crippen LogP contribution in [0.2, 0.25) is 0 Å². The van der Waals surface area contributed by atoms with Crippen molar-refractivity contribution in [2.75, 3.05) is 11.1 Å². The molecule has 1 aromatic carbocycles. The number of hydrogen-bond donors (Lipinski definition) is 2. The summed E-state index contributed by atoms with van der Waals surface area (Å²) in [5.41, 5.74) is 7.98. The van der Waals surface area contributed by atoms with Crippen LogP contribution in [0.4, 0.5) is 11.4 Å². The summed E-state index contributed by atoms with van der Waals surface area (Å²) < 4.78 is 0.753. The number of rotatable bonds is 3. The van der Waals surface area contributed by atoms with E-state index in [0.717, 1.165) is 10.0 Å². The number of halogens is 1. The van der Waals surface area contributed by atoms with Gasteiger partial charge in [0.05, 0.1) is 16.1 Å². The smallest absolute Gasteiger partial charge is 0.231 e. The second-order valence-corrected chi connectivity index (χ2v) is 5.09. The highest BCUT2D eigenvalue weighted by Crippen LogP contribution is 2.23. The van der Waals surface area contributed by atoms with Crippen LogP contribution in [0.25, 0.3) is 0 Å². The summed E-state index contributed by atoms with van der Waals surface area (Å²) in [6.07, 6.45) is 3.27. The molecule has 0 aliphatic rings. The molecule has 0 saturated heterocycles. The molecule has 0 radical (unpaired) electrons. The first kappa shape index (κ1) is 13.5. The molecule has 2 aromatic rings. The van der Waals surface area contributed by atoms with Crippen LogP contribution in [0.1, 0.15) is 18.4 Å². The van der Waals surface area contributed by atoms with Crippen LogP contribution in [0.15, 0.2) is 47.2 Å². The fourth-order valence-electron chi connectivity index (χ4n) is 1.70. The average Bonchev–Trinajstić information content (AvgIpc) is 2.40. The van der Waals surface area contributed by atoms with E-state index in [1.807, 2.05) is 25.1 Å². The highest BCUT2D eigenvalue weighted by atomic mass is 79.9. The Bertz CT molecular complexity index is 601. The lowest BCUT2D eigenvalue weighted by Gasteiger charge is -2.13. The van der Waals surface area contributed by atoms with Crippen molar-refractivity contribution in [2.24, 2.45) is 0 Å². The van der Waals surface area contributed by atoms with Crippen LogP contribution in [-0.4, -0.2) is 10.9 Å². The molecule has 0 aliphatic carbocycles. The fraction of sp³-hybridized carbons (Fsp3) is 0.143. The van der Waals surface area contributed by atoms with Gasteiger partial charge in [0.2, 0.25) is 5.91 Å². The topological polar surface area (TPSA) is 68.0 Å². The van der Waals surface area contributed by atoms with Crippen LogP contribution in [-0.2, 0) is 4.79 Å². The lowest BCUT2D eigenvalue weighted by molar-refractivity contribution is -0.117. The molecular weight excluding hydrogens is 306 g/mol. The van der Waals surface area contributed by atoms with Crippen LogP contribution >= 0.6 is 15.9 Å². The molecule has 2 rings (SSSR count). The molecule has 0 fully saturated rings. The maximum Gasteiger partial charge on any atom is 0.231 e. The number of nitrogens with one attached hydrogen (secondary N) is 1. The molecular formula is C14H14BrN3O. The van der Waals surface area contributed by atoms with Gasteiger partial charge in [0, 0.05) is 18.1 Å². The van der Waals surface area contributed by atoms with Crippen molar-refractivity contribution in [3.8, 4) is 0 Å². The fourth-order valence-corrected chi connectivity index (χ4v) is 2.05. The van der Waals surface area contributed by atoms with Crippen LogP contribution in [0.5, 0.6) is 0 Å². The zero-order chi connectivity index (χ0) is 13.8. The first-order valence-electron chi connectivity index (χ1n) is 5.83. The summed E-state index contributed by atoms with van der Waals surface area (Å²) in [6, 6.07) is 9.09. The average molecular weight is 320 g/mol. The van der Waals surface area contributed by atoms with Gasteiger partial charge in [-0.05, 0) is 46.6 Å². The maximum atomic E-state index is 12.2. The van der Waals surface area contributed by atoms with Crippen LogP contribution < -0.4 is 11.1 Å². The van der Waals surface area contributed by atoms with Gasteiger partial charge in [-0.2, -0.15) is 0 Å². The Labute approximate surface area is 120 Å². The van der Waals surface area contributed by atoms with Crippen LogP contribution in [0, 0.1) is 0 Å². The summed E-state index contributed by atoms with van der Waals surface area (Å²) in [5.74, 6) is -0.360. The van der Waals surface area contributed by atoms with Gasteiger partial charge in [0.1, 0.15) is 0 Å². The van der Waals surface area contributed by atoms with E-state index in [1.165, 1.54) is 0 Å². The molecule has 0 spiro atoms. The third kappa shape index (κ3) is 3.32. The molecule has 1 aromatic heterocycles. The number of hydrogen-bond acceptors (Lipinski definition) is 3. The molecule has 0 saturated carbocycles. The van der Waals surface area contributed by atoms with Crippen molar-refractivity contribution >= 4 is 33.2 Å². The van der Waals surface area contributed by atoms with Crippen molar-refractivity contribution < 1.29 is 4.79 Å². The van der Waals surface area contributed by atoms with E-state index in [0.29, 0.717) is 11.4 Å². The highest BCUT2D eigenvalue weighted by Gasteiger charge is 2.16.